The quantitative estimate of drug-likeness (QED) is 0.728. The molecule has 0 aromatic carbocycles. The van der Waals surface area contributed by atoms with Crippen molar-refractivity contribution in [3.63, 3.8) is 0 Å². The lowest BCUT2D eigenvalue weighted by Gasteiger charge is -2.25. The third kappa shape index (κ3) is 3.01. The molecule has 1 N–H and O–H groups in total. The number of pyridine rings is 1. The van der Waals surface area contributed by atoms with Gasteiger partial charge in [0.15, 0.2) is 5.82 Å². The van der Waals surface area contributed by atoms with E-state index in [-0.39, 0.29) is 5.91 Å². The van der Waals surface area contributed by atoms with Gasteiger partial charge in [-0.1, -0.05) is 0 Å². The molecule has 0 unspecified atom stereocenters. The highest BCUT2D eigenvalue weighted by Crippen LogP contribution is 2.21. The molecule has 0 saturated carbocycles. The molecule has 4 rings (SSSR count). The number of tetrazole rings is 1. The Bertz CT molecular complexity index is 889. The third-order valence-electron chi connectivity index (χ3n) is 4.54. The molecular weight excluding hydrogens is 334 g/mol. The van der Waals surface area contributed by atoms with Crippen LogP contribution in [-0.4, -0.2) is 72.4 Å². The monoisotopic (exact) mass is 353 g/mol. The first-order chi connectivity index (χ1) is 12.7. The summed E-state index contributed by atoms with van der Waals surface area (Å²) in [4.78, 5) is 21.3. The number of nitrogens with zero attached hydrogens (tertiary/aromatic N) is 8. The van der Waals surface area contributed by atoms with Crippen molar-refractivity contribution in [2.75, 3.05) is 31.1 Å². The second-order valence-electron chi connectivity index (χ2n) is 6.18. The molecule has 0 radical (unpaired) electrons. The summed E-state index contributed by atoms with van der Waals surface area (Å²) in [5, 5.41) is 17.8. The van der Waals surface area contributed by atoms with Gasteiger partial charge in [-0.15, -0.1) is 5.10 Å². The van der Waals surface area contributed by atoms with Crippen molar-refractivity contribution in [2.45, 2.75) is 13.3 Å². The van der Waals surface area contributed by atoms with Crippen molar-refractivity contribution in [3.05, 3.63) is 42.1 Å². The lowest BCUT2D eigenvalue weighted by atomic mass is 10.2. The molecule has 1 aliphatic heterocycles. The van der Waals surface area contributed by atoms with E-state index < -0.39 is 0 Å². The lowest BCUT2D eigenvalue weighted by Crippen LogP contribution is -2.35. The average molecular weight is 353 g/mol. The second-order valence-corrected chi connectivity index (χ2v) is 6.18. The standard InChI is InChI=1S/C16H19N9O/c1-12-9-17-4-3-14(12)23-5-2-6-24(8-7-23)16(26)13-10-18-20-15(13)25-11-19-21-22-25/h3-4,9-11H,2,5-8H2,1H3,(H,18,20). The Balaban J connectivity index is 1.51. The average Bonchev–Trinajstić information content (AvgIpc) is 3.29. The van der Waals surface area contributed by atoms with Crippen molar-refractivity contribution >= 4 is 11.6 Å². The molecule has 0 aliphatic carbocycles. The van der Waals surface area contributed by atoms with E-state index in [9.17, 15) is 4.79 Å². The number of aromatic nitrogens is 7. The zero-order valence-electron chi connectivity index (χ0n) is 14.4. The number of carbonyl (C=O) groups excluding carboxylic acids is 1. The van der Waals surface area contributed by atoms with E-state index in [1.54, 1.807) is 6.20 Å². The number of anilines is 1. The molecule has 134 valence electrons. The van der Waals surface area contributed by atoms with Gasteiger partial charge < -0.3 is 9.80 Å². The van der Waals surface area contributed by atoms with Crippen molar-refractivity contribution in [1.82, 2.24) is 40.3 Å². The Morgan fingerprint density at radius 3 is 2.92 bits per heavy atom. The first-order valence-corrected chi connectivity index (χ1v) is 8.45. The van der Waals surface area contributed by atoms with Crippen molar-refractivity contribution in [2.24, 2.45) is 0 Å². The molecule has 0 atom stereocenters. The van der Waals surface area contributed by atoms with E-state index in [2.05, 4.69) is 42.5 Å². The Labute approximate surface area is 149 Å². The van der Waals surface area contributed by atoms with E-state index in [1.807, 2.05) is 17.2 Å². The van der Waals surface area contributed by atoms with Crippen LogP contribution in [0, 0.1) is 6.92 Å². The molecule has 1 aliphatic rings. The summed E-state index contributed by atoms with van der Waals surface area (Å²) < 4.78 is 1.41. The zero-order valence-corrected chi connectivity index (χ0v) is 14.4. The normalized spacial score (nSPS) is 15.1. The van der Waals surface area contributed by atoms with Crippen LogP contribution in [0.2, 0.25) is 0 Å². The van der Waals surface area contributed by atoms with Crippen LogP contribution in [0.25, 0.3) is 5.82 Å². The van der Waals surface area contributed by atoms with Gasteiger partial charge in [-0.05, 0) is 35.4 Å². The third-order valence-corrected chi connectivity index (χ3v) is 4.54. The van der Waals surface area contributed by atoms with Crippen molar-refractivity contribution < 1.29 is 4.79 Å². The summed E-state index contributed by atoms with van der Waals surface area (Å²) in [6.07, 6.45) is 7.52. The minimum atomic E-state index is -0.0717. The number of nitrogens with one attached hydrogen (secondary N) is 1. The van der Waals surface area contributed by atoms with E-state index in [0.29, 0.717) is 24.5 Å². The summed E-state index contributed by atoms with van der Waals surface area (Å²) in [6.45, 7) is 5.06. The number of hydrogen-bond acceptors (Lipinski definition) is 7. The fraction of sp³-hybridized carbons (Fsp3) is 0.375. The van der Waals surface area contributed by atoms with Crippen LogP contribution in [0.3, 0.4) is 0 Å². The number of H-pyrrole nitrogens is 1. The number of carbonyl (C=O) groups is 1. The smallest absolute Gasteiger partial charge is 0.259 e. The highest BCUT2D eigenvalue weighted by Gasteiger charge is 2.25. The van der Waals surface area contributed by atoms with Crippen LogP contribution in [0.1, 0.15) is 22.3 Å². The first-order valence-electron chi connectivity index (χ1n) is 8.45. The van der Waals surface area contributed by atoms with Gasteiger partial charge in [-0.2, -0.15) is 9.78 Å². The van der Waals surface area contributed by atoms with Crippen molar-refractivity contribution in [1.29, 1.82) is 0 Å². The van der Waals surface area contributed by atoms with Gasteiger partial charge in [0.05, 0.1) is 6.20 Å². The number of rotatable bonds is 3. The molecule has 10 nitrogen and oxygen atoms in total. The highest BCUT2D eigenvalue weighted by molar-refractivity contribution is 5.97. The van der Waals surface area contributed by atoms with Crippen LogP contribution in [0.4, 0.5) is 5.69 Å². The van der Waals surface area contributed by atoms with Gasteiger partial charge in [0.25, 0.3) is 5.91 Å². The summed E-state index contributed by atoms with van der Waals surface area (Å²) in [5.74, 6) is 0.406. The predicted molar refractivity (Wildman–Crippen MR) is 93.0 cm³/mol. The van der Waals surface area contributed by atoms with Crippen molar-refractivity contribution in [3.8, 4) is 5.82 Å². The predicted octanol–water partition coefficient (Wildman–Crippen LogP) is 0.441. The molecule has 10 heteroatoms. The van der Waals surface area contributed by atoms with Gasteiger partial charge in [0, 0.05) is 44.3 Å². The Morgan fingerprint density at radius 1 is 1.19 bits per heavy atom. The maximum Gasteiger partial charge on any atom is 0.259 e. The summed E-state index contributed by atoms with van der Waals surface area (Å²) in [6, 6.07) is 2.03. The van der Waals surface area contributed by atoms with E-state index in [0.717, 1.165) is 25.1 Å². The van der Waals surface area contributed by atoms with E-state index in [4.69, 9.17) is 0 Å². The molecule has 0 bridgehead atoms. The van der Waals surface area contributed by atoms with Gasteiger partial charge in [0.1, 0.15) is 11.9 Å². The molecule has 1 amide bonds. The van der Waals surface area contributed by atoms with Crippen LogP contribution < -0.4 is 4.90 Å². The zero-order chi connectivity index (χ0) is 17.9. The van der Waals surface area contributed by atoms with Gasteiger partial charge in [-0.25, -0.2) is 0 Å². The molecule has 0 spiro atoms. The SMILES string of the molecule is Cc1cnccc1N1CCCN(C(=O)c2cn[nH]c2-n2cnnn2)CC1. The largest absolute Gasteiger partial charge is 0.369 e. The minimum Gasteiger partial charge on any atom is -0.369 e. The summed E-state index contributed by atoms with van der Waals surface area (Å²) in [5.41, 5.74) is 2.78. The maximum atomic E-state index is 13.0. The second kappa shape index (κ2) is 6.90. The summed E-state index contributed by atoms with van der Waals surface area (Å²) >= 11 is 0. The van der Waals surface area contributed by atoms with E-state index in [1.165, 1.54) is 22.9 Å². The number of aromatic amines is 1. The minimum absolute atomic E-state index is 0.0717. The van der Waals surface area contributed by atoms with Crippen LogP contribution in [0.15, 0.2) is 31.0 Å². The van der Waals surface area contributed by atoms with Gasteiger partial charge in [-0.3, -0.25) is 14.9 Å². The topological polar surface area (TPSA) is 109 Å². The van der Waals surface area contributed by atoms with Crippen LogP contribution >= 0.6 is 0 Å². The van der Waals surface area contributed by atoms with Crippen LogP contribution in [-0.2, 0) is 0 Å². The molecule has 3 aromatic rings. The Morgan fingerprint density at radius 2 is 2.12 bits per heavy atom. The maximum absolute atomic E-state index is 13.0. The molecule has 4 heterocycles. The first kappa shape index (κ1) is 16.2. The molecule has 26 heavy (non-hydrogen) atoms. The molecule has 3 aromatic heterocycles. The highest BCUT2D eigenvalue weighted by atomic mass is 16.2. The number of aryl methyl sites for hydroxylation is 1. The Hall–Kier alpha value is -3.30. The lowest BCUT2D eigenvalue weighted by molar-refractivity contribution is 0.0767. The van der Waals surface area contributed by atoms with Crippen LogP contribution in [0.5, 0.6) is 0 Å². The molecular formula is C16H19N9O. The molecule has 1 saturated heterocycles. The Kier molecular flexibility index (Phi) is 4.30. The summed E-state index contributed by atoms with van der Waals surface area (Å²) in [7, 11) is 0. The number of amides is 1. The van der Waals surface area contributed by atoms with Gasteiger partial charge in [0.2, 0.25) is 0 Å². The number of hydrogen-bond donors (Lipinski definition) is 1. The fourth-order valence-electron chi connectivity index (χ4n) is 3.23. The van der Waals surface area contributed by atoms with E-state index >= 15 is 0 Å². The molecule has 1 fully saturated rings. The van der Waals surface area contributed by atoms with Gasteiger partial charge >= 0.3 is 0 Å². The fourth-order valence-corrected chi connectivity index (χ4v) is 3.23.